The predicted octanol–water partition coefficient (Wildman–Crippen LogP) is 5.68. The first-order valence-corrected chi connectivity index (χ1v) is 10.6. The van der Waals surface area contributed by atoms with Crippen LogP contribution in [0.15, 0.2) is 34.3 Å². The van der Waals surface area contributed by atoms with E-state index >= 15 is 0 Å². The lowest BCUT2D eigenvalue weighted by Gasteiger charge is -2.39. The zero-order chi connectivity index (χ0) is 18.1. The van der Waals surface area contributed by atoms with Gasteiger partial charge in [0.25, 0.3) is 0 Å². The van der Waals surface area contributed by atoms with Crippen LogP contribution in [0.5, 0.6) is 0 Å². The molecule has 2 aromatic rings. The topological polar surface area (TPSA) is 55.0 Å². The molecule has 1 aromatic heterocycles. The number of aromatic nitrogens is 2. The molecule has 7 heteroatoms. The summed E-state index contributed by atoms with van der Waals surface area (Å²) < 4.78 is 0. The first kappa shape index (κ1) is 18.2. The molecule has 0 atom stereocenters. The summed E-state index contributed by atoms with van der Waals surface area (Å²) in [6.45, 7) is 2.08. The molecular formula is C19H22Cl2N4S. The predicted molar refractivity (Wildman–Crippen MR) is 109 cm³/mol. The van der Waals surface area contributed by atoms with Crippen molar-refractivity contribution in [2.45, 2.75) is 48.4 Å². The second-order valence-electron chi connectivity index (χ2n) is 7.27. The second kappa shape index (κ2) is 7.45. The number of benzene rings is 1. The van der Waals surface area contributed by atoms with E-state index in [9.17, 15) is 0 Å². The Morgan fingerprint density at radius 1 is 1.08 bits per heavy atom. The maximum Gasteiger partial charge on any atom is 0.158 e. The Bertz CT molecular complexity index is 798. The highest BCUT2D eigenvalue weighted by Gasteiger charge is 2.37. The van der Waals surface area contributed by atoms with Crippen molar-refractivity contribution in [2.24, 2.45) is 5.41 Å². The number of nitrogens with zero attached hydrogens (tertiary/aromatic N) is 3. The van der Waals surface area contributed by atoms with Gasteiger partial charge in [0.15, 0.2) is 5.82 Å². The van der Waals surface area contributed by atoms with Crippen LogP contribution < -0.4 is 10.6 Å². The Balaban J connectivity index is 1.47. The fourth-order valence-corrected chi connectivity index (χ4v) is 5.40. The molecule has 138 valence electrons. The van der Waals surface area contributed by atoms with Crippen LogP contribution in [0.25, 0.3) is 0 Å². The van der Waals surface area contributed by atoms with Crippen LogP contribution in [-0.4, -0.2) is 23.1 Å². The monoisotopic (exact) mass is 408 g/mol. The summed E-state index contributed by atoms with van der Waals surface area (Å²) in [5, 5.41) is 1.69. The van der Waals surface area contributed by atoms with Gasteiger partial charge in [-0.2, -0.15) is 0 Å². The van der Waals surface area contributed by atoms with Crippen LogP contribution in [0.4, 0.5) is 11.6 Å². The molecule has 2 aliphatic rings. The molecule has 1 spiro atoms. The van der Waals surface area contributed by atoms with Gasteiger partial charge in [0, 0.05) is 18.0 Å². The van der Waals surface area contributed by atoms with E-state index in [1.54, 1.807) is 6.07 Å². The van der Waals surface area contributed by atoms with E-state index in [0.717, 1.165) is 23.8 Å². The molecule has 0 bridgehead atoms. The zero-order valence-electron chi connectivity index (χ0n) is 14.5. The number of nitrogens with two attached hydrogens (primary N) is 1. The number of rotatable bonds is 3. The van der Waals surface area contributed by atoms with Crippen molar-refractivity contribution < 1.29 is 0 Å². The molecule has 0 radical (unpaired) electrons. The van der Waals surface area contributed by atoms with Crippen molar-refractivity contribution in [1.29, 1.82) is 0 Å². The second-order valence-corrected chi connectivity index (χ2v) is 9.08. The van der Waals surface area contributed by atoms with Crippen molar-refractivity contribution in [3.63, 3.8) is 0 Å². The first-order chi connectivity index (χ1) is 12.6. The number of piperidine rings is 1. The Labute approximate surface area is 168 Å². The van der Waals surface area contributed by atoms with Gasteiger partial charge < -0.3 is 10.6 Å². The quantitative estimate of drug-likeness (QED) is 0.707. The molecule has 0 unspecified atom stereocenters. The maximum absolute atomic E-state index is 6.26. The van der Waals surface area contributed by atoms with E-state index in [2.05, 4.69) is 14.9 Å². The van der Waals surface area contributed by atoms with Gasteiger partial charge in [-0.25, -0.2) is 9.97 Å². The van der Waals surface area contributed by atoms with E-state index in [1.165, 1.54) is 50.3 Å². The normalized spacial score (nSPS) is 19.2. The summed E-state index contributed by atoms with van der Waals surface area (Å²) >= 11 is 13.7. The van der Waals surface area contributed by atoms with Crippen LogP contribution >= 0.6 is 35.0 Å². The van der Waals surface area contributed by atoms with Crippen LogP contribution in [0.2, 0.25) is 10.0 Å². The fourth-order valence-electron chi connectivity index (χ4n) is 4.12. The highest BCUT2D eigenvalue weighted by molar-refractivity contribution is 7.99. The number of anilines is 2. The first-order valence-electron chi connectivity index (χ1n) is 9.06. The average molecular weight is 409 g/mol. The summed E-state index contributed by atoms with van der Waals surface area (Å²) in [5.74, 6) is 1.31. The fraction of sp³-hybridized carbons (Fsp3) is 0.474. The van der Waals surface area contributed by atoms with E-state index < -0.39 is 0 Å². The summed E-state index contributed by atoms with van der Waals surface area (Å²) in [4.78, 5) is 12.3. The minimum absolute atomic E-state index is 0.435. The van der Waals surface area contributed by atoms with Gasteiger partial charge in [-0.05, 0) is 43.2 Å². The molecule has 26 heavy (non-hydrogen) atoms. The van der Waals surface area contributed by atoms with Gasteiger partial charge in [-0.1, -0.05) is 53.9 Å². The van der Waals surface area contributed by atoms with Crippen molar-refractivity contribution >= 4 is 46.6 Å². The Morgan fingerprint density at radius 2 is 1.81 bits per heavy atom. The molecule has 2 heterocycles. The molecule has 1 aliphatic carbocycles. The van der Waals surface area contributed by atoms with Crippen LogP contribution in [0.1, 0.15) is 38.5 Å². The molecule has 4 rings (SSSR count). The lowest BCUT2D eigenvalue weighted by atomic mass is 9.77. The zero-order valence-corrected chi connectivity index (χ0v) is 16.9. The van der Waals surface area contributed by atoms with Crippen molar-refractivity contribution in [2.75, 3.05) is 23.7 Å². The third kappa shape index (κ3) is 3.62. The number of nitrogen functional groups attached to an aromatic ring is 1. The summed E-state index contributed by atoms with van der Waals surface area (Å²) in [6.07, 6.45) is 9.90. The molecule has 1 saturated heterocycles. The third-order valence-electron chi connectivity index (χ3n) is 5.69. The molecule has 1 saturated carbocycles. The highest BCUT2D eigenvalue weighted by atomic mass is 35.5. The Kier molecular flexibility index (Phi) is 5.22. The van der Waals surface area contributed by atoms with E-state index in [4.69, 9.17) is 28.9 Å². The van der Waals surface area contributed by atoms with Gasteiger partial charge in [-0.3, -0.25) is 0 Å². The van der Waals surface area contributed by atoms with Crippen LogP contribution in [0, 0.1) is 5.41 Å². The average Bonchev–Trinajstić information content (AvgIpc) is 3.09. The standard InChI is InChI=1S/C19H22Cl2N4S/c20-13-4-3-5-14(16(13)21)26-18-17(22)24-15(12-23-18)25-10-8-19(9-11-25)6-1-2-7-19/h3-5,12H,1-2,6-11H2,(H2,22,24). The largest absolute Gasteiger partial charge is 0.381 e. The number of hydrogen-bond acceptors (Lipinski definition) is 5. The van der Waals surface area contributed by atoms with E-state index in [-0.39, 0.29) is 0 Å². The molecule has 4 nitrogen and oxygen atoms in total. The van der Waals surface area contributed by atoms with E-state index in [1.807, 2.05) is 18.3 Å². The minimum Gasteiger partial charge on any atom is -0.381 e. The van der Waals surface area contributed by atoms with Crippen molar-refractivity contribution in [3.8, 4) is 0 Å². The van der Waals surface area contributed by atoms with Crippen LogP contribution in [-0.2, 0) is 0 Å². The Morgan fingerprint density at radius 3 is 2.50 bits per heavy atom. The molecule has 2 N–H and O–H groups in total. The molecule has 0 amide bonds. The van der Waals surface area contributed by atoms with E-state index in [0.29, 0.717) is 26.3 Å². The van der Waals surface area contributed by atoms with Crippen molar-refractivity contribution in [1.82, 2.24) is 9.97 Å². The lowest BCUT2D eigenvalue weighted by Crippen LogP contribution is -2.39. The molecular weight excluding hydrogens is 387 g/mol. The SMILES string of the molecule is Nc1nc(N2CCC3(CCCC3)CC2)cnc1Sc1cccc(Cl)c1Cl. The van der Waals surface area contributed by atoms with Gasteiger partial charge in [0.2, 0.25) is 0 Å². The van der Waals surface area contributed by atoms with Gasteiger partial charge in [0.05, 0.1) is 16.2 Å². The number of hydrogen-bond donors (Lipinski definition) is 1. The maximum atomic E-state index is 6.26. The Hall–Kier alpha value is -1.17. The molecule has 1 aromatic carbocycles. The highest BCUT2D eigenvalue weighted by Crippen LogP contribution is 2.46. The van der Waals surface area contributed by atoms with Crippen molar-refractivity contribution in [3.05, 3.63) is 34.4 Å². The van der Waals surface area contributed by atoms with Gasteiger partial charge in [0.1, 0.15) is 10.8 Å². The van der Waals surface area contributed by atoms with Gasteiger partial charge >= 0.3 is 0 Å². The number of halogens is 2. The summed E-state index contributed by atoms with van der Waals surface area (Å²) in [5.41, 5.74) is 6.77. The van der Waals surface area contributed by atoms with Gasteiger partial charge in [-0.15, -0.1) is 0 Å². The molecule has 2 fully saturated rings. The lowest BCUT2D eigenvalue weighted by molar-refractivity contribution is 0.226. The smallest absolute Gasteiger partial charge is 0.158 e. The third-order valence-corrected chi connectivity index (χ3v) is 7.69. The van der Waals surface area contributed by atoms with Crippen LogP contribution in [0.3, 0.4) is 0 Å². The summed E-state index contributed by atoms with van der Waals surface area (Å²) in [6, 6.07) is 5.53. The molecule has 1 aliphatic heterocycles. The minimum atomic E-state index is 0.435. The summed E-state index contributed by atoms with van der Waals surface area (Å²) in [7, 11) is 0.